The second-order valence-electron chi connectivity index (χ2n) is 3.10. The summed E-state index contributed by atoms with van der Waals surface area (Å²) in [6.45, 7) is 3.79. The van der Waals surface area contributed by atoms with E-state index in [0.717, 1.165) is 5.71 Å². The highest BCUT2D eigenvalue weighted by Crippen LogP contribution is 2.29. The minimum absolute atomic E-state index is 0.491. The summed E-state index contributed by atoms with van der Waals surface area (Å²) in [6, 6.07) is 3.30. The number of aliphatic imine (C=N–C) groups is 1. The molecule has 70 valence electrons. The van der Waals surface area contributed by atoms with Gasteiger partial charge < -0.3 is 17.2 Å². The molecule has 13 heavy (non-hydrogen) atoms. The average Bonchev–Trinajstić information content (AvgIpc) is 1.99. The van der Waals surface area contributed by atoms with Crippen LogP contribution in [0.1, 0.15) is 13.8 Å². The third-order valence-corrected chi connectivity index (χ3v) is 1.58. The van der Waals surface area contributed by atoms with Gasteiger partial charge in [-0.1, -0.05) is 0 Å². The zero-order valence-corrected chi connectivity index (χ0v) is 7.83. The van der Waals surface area contributed by atoms with Crippen LogP contribution in [0.2, 0.25) is 0 Å². The molecule has 0 unspecified atom stereocenters. The van der Waals surface area contributed by atoms with E-state index in [1.807, 2.05) is 13.8 Å². The van der Waals surface area contributed by atoms with Crippen LogP contribution in [-0.2, 0) is 0 Å². The first-order valence-electron chi connectivity index (χ1n) is 3.97. The van der Waals surface area contributed by atoms with Crippen LogP contribution in [0.3, 0.4) is 0 Å². The van der Waals surface area contributed by atoms with Crippen molar-refractivity contribution in [3.8, 4) is 0 Å². The molecule has 0 spiro atoms. The Morgan fingerprint density at radius 2 is 1.54 bits per heavy atom. The summed E-state index contributed by atoms with van der Waals surface area (Å²) < 4.78 is 0. The van der Waals surface area contributed by atoms with E-state index in [9.17, 15) is 0 Å². The van der Waals surface area contributed by atoms with Crippen LogP contribution >= 0.6 is 0 Å². The van der Waals surface area contributed by atoms with Crippen molar-refractivity contribution in [2.75, 3.05) is 17.2 Å². The summed E-state index contributed by atoms with van der Waals surface area (Å²) in [7, 11) is 0. The van der Waals surface area contributed by atoms with Crippen molar-refractivity contribution in [1.82, 2.24) is 0 Å². The summed E-state index contributed by atoms with van der Waals surface area (Å²) in [6.07, 6.45) is 0. The Labute approximate surface area is 77.4 Å². The van der Waals surface area contributed by atoms with Crippen molar-refractivity contribution in [3.63, 3.8) is 0 Å². The van der Waals surface area contributed by atoms with E-state index in [4.69, 9.17) is 17.2 Å². The van der Waals surface area contributed by atoms with Gasteiger partial charge in [-0.25, -0.2) is 0 Å². The van der Waals surface area contributed by atoms with Gasteiger partial charge in [0.05, 0.1) is 22.7 Å². The number of nitrogen functional groups attached to an aromatic ring is 3. The van der Waals surface area contributed by atoms with Crippen LogP contribution in [0.25, 0.3) is 0 Å². The zero-order chi connectivity index (χ0) is 10.0. The topological polar surface area (TPSA) is 90.4 Å². The lowest BCUT2D eigenvalue weighted by molar-refractivity contribution is 1.47. The first-order chi connectivity index (χ1) is 6.00. The Kier molecular flexibility index (Phi) is 2.41. The maximum atomic E-state index is 5.70. The van der Waals surface area contributed by atoms with Gasteiger partial charge in [-0.3, -0.25) is 4.99 Å². The van der Waals surface area contributed by atoms with E-state index in [1.165, 1.54) is 0 Å². The molecule has 0 aliphatic rings. The Morgan fingerprint density at radius 1 is 1.00 bits per heavy atom. The minimum atomic E-state index is 0.491. The van der Waals surface area contributed by atoms with Crippen LogP contribution in [0.15, 0.2) is 17.1 Å². The van der Waals surface area contributed by atoms with Gasteiger partial charge in [-0.05, 0) is 26.0 Å². The lowest BCUT2D eigenvalue weighted by Crippen LogP contribution is -1.97. The first-order valence-corrected chi connectivity index (χ1v) is 3.97. The maximum Gasteiger partial charge on any atom is 0.0880 e. The molecular weight excluding hydrogens is 164 g/mol. The molecule has 0 fully saturated rings. The second kappa shape index (κ2) is 3.35. The van der Waals surface area contributed by atoms with Gasteiger partial charge in [0, 0.05) is 5.71 Å². The van der Waals surface area contributed by atoms with Crippen molar-refractivity contribution in [3.05, 3.63) is 12.1 Å². The SMILES string of the molecule is CC(C)=Nc1cc(N)c(N)cc1N. The molecule has 0 atom stereocenters. The summed E-state index contributed by atoms with van der Waals surface area (Å²) in [4.78, 5) is 4.22. The predicted molar refractivity (Wildman–Crippen MR) is 58.1 cm³/mol. The van der Waals surface area contributed by atoms with Gasteiger partial charge in [-0.15, -0.1) is 0 Å². The molecular formula is C9H14N4. The average molecular weight is 178 g/mol. The molecule has 0 amide bonds. The Hall–Kier alpha value is -1.71. The van der Waals surface area contributed by atoms with Gasteiger partial charge in [0.2, 0.25) is 0 Å². The van der Waals surface area contributed by atoms with Crippen molar-refractivity contribution < 1.29 is 0 Å². The highest BCUT2D eigenvalue weighted by atomic mass is 14.8. The molecule has 0 aliphatic heterocycles. The van der Waals surface area contributed by atoms with Gasteiger partial charge in [0.25, 0.3) is 0 Å². The second-order valence-corrected chi connectivity index (χ2v) is 3.10. The van der Waals surface area contributed by atoms with Crippen molar-refractivity contribution in [2.45, 2.75) is 13.8 Å². The van der Waals surface area contributed by atoms with Gasteiger partial charge in [0.15, 0.2) is 0 Å². The van der Waals surface area contributed by atoms with Crippen LogP contribution in [0.4, 0.5) is 22.7 Å². The molecule has 0 saturated carbocycles. The maximum absolute atomic E-state index is 5.70. The van der Waals surface area contributed by atoms with E-state index >= 15 is 0 Å². The van der Waals surface area contributed by atoms with E-state index in [2.05, 4.69) is 4.99 Å². The number of nitrogens with two attached hydrogens (primary N) is 3. The summed E-state index contributed by atoms with van der Waals surface area (Å²) in [5.74, 6) is 0. The molecule has 0 bridgehead atoms. The molecule has 0 aliphatic carbocycles. The Bertz CT molecular complexity index is 351. The highest BCUT2D eigenvalue weighted by Gasteiger charge is 2.01. The van der Waals surface area contributed by atoms with E-state index in [0.29, 0.717) is 22.7 Å². The highest BCUT2D eigenvalue weighted by molar-refractivity contribution is 5.86. The van der Waals surface area contributed by atoms with Crippen LogP contribution < -0.4 is 17.2 Å². The molecule has 1 rings (SSSR count). The fourth-order valence-corrected chi connectivity index (χ4v) is 0.976. The van der Waals surface area contributed by atoms with Crippen LogP contribution in [0, 0.1) is 0 Å². The molecule has 4 nitrogen and oxygen atoms in total. The van der Waals surface area contributed by atoms with Crippen LogP contribution in [-0.4, -0.2) is 5.71 Å². The fourth-order valence-electron chi connectivity index (χ4n) is 0.976. The number of nitrogens with zero attached hydrogens (tertiary/aromatic N) is 1. The smallest absolute Gasteiger partial charge is 0.0880 e. The molecule has 6 N–H and O–H groups in total. The number of benzene rings is 1. The number of hydrogen-bond acceptors (Lipinski definition) is 4. The molecule has 1 aromatic rings. The molecule has 4 heteroatoms. The summed E-state index contributed by atoms with van der Waals surface area (Å²) in [5.41, 5.74) is 20.0. The predicted octanol–water partition coefficient (Wildman–Crippen LogP) is 1.55. The summed E-state index contributed by atoms with van der Waals surface area (Å²) >= 11 is 0. The molecule has 0 heterocycles. The number of hydrogen-bond donors (Lipinski definition) is 3. The third kappa shape index (κ3) is 2.11. The summed E-state index contributed by atoms with van der Waals surface area (Å²) in [5, 5.41) is 0. The first kappa shape index (κ1) is 9.38. The fraction of sp³-hybridized carbons (Fsp3) is 0.222. The van der Waals surface area contributed by atoms with Crippen molar-refractivity contribution >= 4 is 28.5 Å². The minimum Gasteiger partial charge on any atom is -0.397 e. The van der Waals surface area contributed by atoms with Crippen molar-refractivity contribution in [2.24, 2.45) is 4.99 Å². The number of rotatable bonds is 1. The Balaban J connectivity index is 3.24. The lowest BCUT2D eigenvalue weighted by Gasteiger charge is -2.05. The van der Waals surface area contributed by atoms with Gasteiger partial charge in [0.1, 0.15) is 0 Å². The number of anilines is 3. The quantitative estimate of drug-likeness (QED) is 0.450. The molecule has 1 aromatic carbocycles. The van der Waals surface area contributed by atoms with E-state index in [-0.39, 0.29) is 0 Å². The van der Waals surface area contributed by atoms with E-state index in [1.54, 1.807) is 12.1 Å². The monoisotopic (exact) mass is 178 g/mol. The zero-order valence-electron chi connectivity index (χ0n) is 7.83. The van der Waals surface area contributed by atoms with Gasteiger partial charge >= 0.3 is 0 Å². The molecule has 0 aromatic heterocycles. The standard InChI is InChI=1S/C9H14N4/c1-5(2)13-9-4-7(11)6(10)3-8(9)12/h3-4H,10-12H2,1-2H3. The molecule has 0 radical (unpaired) electrons. The van der Waals surface area contributed by atoms with Crippen LogP contribution in [0.5, 0.6) is 0 Å². The van der Waals surface area contributed by atoms with E-state index < -0.39 is 0 Å². The third-order valence-electron chi connectivity index (χ3n) is 1.58. The Morgan fingerprint density at radius 3 is 2.08 bits per heavy atom. The van der Waals surface area contributed by atoms with Crippen molar-refractivity contribution in [1.29, 1.82) is 0 Å². The normalized spacial score (nSPS) is 9.69. The largest absolute Gasteiger partial charge is 0.397 e. The van der Waals surface area contributed by atoms with Gasteiger partial charge in [-0.2, -0.15) is 0 Å². The molecule has 0 saturated heterocycles. The lowest BCUT2D eigenvalue weighted by atomic mass is 10.2.